The summed E-state index contributed by atoms with van der Waals surface area (Å²) in [6.45, 7) is 1.83. The summed E-state index contributed by atoms with van der Waals surface area (Å²) in [4.78, 5) is 13.0. The molecule has 28 heavy (non-hydrogen) atoms. The van der Waals surface area contributed by atoms with E-state index in [1.165, 1.54) is 24.4 Å². The topological polar surface area (TPSA) is 78.6 Å². The van der Waals surface area contributed by atoms with Gasteiger partial charge in [-0.15, -0.1) is 10.2 Å². The van der Waals surface area contributed by atoms with Gasteiger partial charge in [0.05, 0.1) is 42.1 Å². The van der Waals surface area contributed by atoms with E-state index in [9.17, 15) is 4.39 Å². The van der Waals surface area contributed by atoms with Crippen molar-refractivity contribution in [1.29, 1.82) is 0 Å². The van der Waals surface area contributed by atoms with Crippen LogP contribution in [0.15, 0.2) is 48.9 Å². The quantitative estimate of drug-likeness (QED) is 0.520. The second-order valence-electron chi connectivity index (χ2n) is 5.88. The van der Waals surface area contributed by atoms with Crippen LogP contribution in [0.5, 0.6) is 5.88 Å². The summed E-state index contributed by atoms with van der Waals surface area (Å²) in [7, 11) is 1.56. The Labute approximate surface area is 164 Å². The van der Waals surface area contributed by atoms with Crippen LogP contribution in [-0.2, 0) is 0 Å². The highest BCUT2D eigenvalue weighted by Crippen LogP contribution is 2.28. The van der Waals surface area contributed by atoms with Gasteiger partial charge < -0.3 is 4.74 Å². The van der Waals surface area contributed by atoms with Gasteiger partial charge in [-0.3, -0.25) is 9.55 Å². The van der Waals surface area contributed by atoms with Crippen LogP contribution in [0.2, 0.25) is 5.02 Å². The predicted octanol–water partition coefficient (Wildman–Crippen LogP) is 3.90. The standard InChI is InChI=1S/C19H14ClFN6O/c1-11-25-26-19(27(11)13-4-6-18(28-2)24-8-13)17-10-22-16(9-23-17)14-7-12(21)3-5-15(14)20/h3-10H,1-2H3. The van der Waals surface area contributed by atoms with Gasteiger partial charge in [0.1, 0.15) is 17.3 Å². The molecule has 0 N–H and O–H groups in total. The smallest absolute Gasteiger partial charge is 0.213 e. The van der Waals surface area contributed by atoms with Crippen molar-refractivity contribution < 1.29 is 9.13 Å². The molecule has 4 rings (SSSR count). The summed E-state index contributed by atoms with van der Waals surface area (Å²) < 4.78 is 20.4. The molecule has 9 heteroatoms. The molecule has 3 heterocycles. The normalized spacial score (nSPS) is 10.9. The summed E-state index contributed by atoms with van der Waals surface area (Å²) in [5, 5.41) is 8.73. The molecule has 0 aliphatic heterocycles. The third-order valence-corrected chi connectivity index (χ3v) is 4.43. The van der Waals surface area contributed by atoms with Crippen LogP contribution in [0, 0.1) is 12.7 Å². The Hall–Kier alpha value is -3.39. The zero-order valence-corrected chi connectivity index (χ0v) is 15.7. The van der Waals surface area contributed by atoms with Gasteiger partial charge in [-0.1, -0.05) is 11.6 Å². The van der Waals surface area contributed by atoms with Crippen molar-refractivity contribution >= 4 is 11.6 Å². The van der Waals surface area contributed by atoms with Gasteiger partial charge in [0.25, 0.3) is 0 Å². The van der Waals surface area contributed by atoms with Crippen molar-refractivity contribution in [3.05, 3.63) is 65.6 Å². The fourth-order valence-corrected chi connectivity index (χ4v) is 2.95. The average molecular weight is 397 g/mol. The largest absolute Gasteiger partial charge is 0.481 e. The highest BCUT2D eigenvalue weighted by Gasteiger charge is 2.16. The molecule has 0 fully saturated rings. The van der Waals surface area contributed by atoms with Gasteiger partial charge in [0, 0.05) is 11.6 Å². The van der Waals surface area contributed by atoms with Crippen LogP contribution in [0.25, 0.3) is 28.5 Å². The molecule has 0 aliphatic carbocycles. The molecule has 0 radical (unpaired) electrons. The monoisotopic (exact) mass is 396 g/mol. The summed E-state index contributed by atoms with van der Waals surface area (Å²) in [6, 6.07) is 7.70. The van der Waals surface area contributed by atoms with Crippen molar-refractivity contribution in [3.8, 4) is 34.3 Å². The summed E-state index contributed by atoms with van der Waals surface area (Å²) in [5.41, 5.74) is 2.20. The molecule has 0 saturated heterocycles. The molecule has 0 aliphatic rings. The fraction of sp³-hybridized carbons (Fsp3) is 0.105. The van der Waals surface area contributed by atoms with Crippen LogP contribution in [0.4, 0.5) is 4.39 Å². The predicted molar refractivity (Wildman–Crippen MR) is 102 cm³/mol. The third kappa shape index (κ3) is 3.29. The average Bonchev–Trinajstić information content (AvgIpc) is 3.11. The number of benzene rings is 1. The first-order chi connectivity index (χ1) is 13.6. The number of nitrogens with zero attached hydrogens (tertiary/aromatic N) is 6. The van der Waals surface area contributed by atoms with Gasteiger partial charge in [-0.2, -0.15) is 0 Å². The number of rotatable bonds is 4. The molecule has 140 valence electrons. The lowest BCUT2D eigenvalue weighted by molar-refractivity contribution is 0.398. The fourth-order valence-electron chi connectivity index (χ4n) is 2.74. The van der Waals surface area contributed by atoms with E-state index in [0.29, 0.717) is 39.5 Å². The lowest BCUT2D eigenvalue weighted by Crippen LogP contribution is -2.02. The van der Waals surface area contributed by atoms with E-state index in [4.69, 9.17) is 16.3 Å². The Bertz CT molecular complexity index is 1130. The van der Waals surface area contributed by atoms with Crippen LogP contribution in [-0.4, -0.2) is 36.8 Å². The zero-order chi connectivity index (χ0) is 19.7. The first-order valence-corrected chi connectivity index (χ1v) is 8.65. The number of aryl methyl sites for hydroxylation is 1. The summed E-state index contributed by atoms with van der Waals surface area (Å²) >= 11 is 6.14. The first kappa shape index (κ1) is 18.0. The van der Waals surface area contributed by atoms with Gasteiger partial charge in [0.2, 0.25) is 5.88 Å². The van der Waals surface area contributed by atoms with E-state index in [-0.39, 0.29) is 0 Å². The van der Waals surface area contributed by atoms with Crippen LogP contribution in [0.3, 0.4) is 0 Å². The molecule has 3 aromatic heterocycles. The molecule has 7 nitrogen and oxygen atoms in total. The van der Waals surface area contributed by atoms with Gasteiger partial charge in [0.15, 0.2) is 5.82 Å². The molecular formula is C19H14ClFN6O. The van der Waals surface area contributed by atoms with E-state index in [0.717, 1.165) is 5.69 Å². The van der Waals surface area contributed by atoms with Crippen molar-refractivity contribution in [3.63, 3.8) is 0 Å². The molecule has 4 aromatic rings. The summed E-state index contributed by atoms with van der Waals surface area (Å²) in [5.74, 6) is 1.29. The molecule has 0 spiro atoms. The molecule has 0 unspecified atom stereocenters. The Morgan fingerprint density at radius 3 is 2.43 bits per heavy atom. The number of ether oxygens (including phenoxy) is 1. The lowest BCUT2D eigenvalue weighted by atomic mass is 10.1. The molecular weight excluding hydrogens is 383 g/mol. The van der Waals surface area contributed by atoms with Crippen molar-refractivity contribution in [2.75, 3.05) is 7.11 Å². The number of hydrogen-bond acceptors (Lipinski definition) is 6. The van der Waals surface area contributed by atoms with Crippen molar-refractivity contribution in [2.24, 2.45) is 0 Å². The second kappa shape index (κ2) is 7.32. The second-order valence-corrected chi connectivity index (χ2v) is 6.28. The molecule has 1 aromatic carbocycles. The maximum atomic E-state index is 13.5. The van der Waals surface area contributed by atoms with Crippen LogP contribution in [0.1, 0.15) is 5.82 Å². The number of aromatic nitrogens is 6. The molecule has 0 bridgehead atoms. The number of pyridine rings is 1. The van der Waals surface area contributed by atoms with E-state index < -0.39 is 5.82 Å². The Kier molecular flexibility index (Phi) is 4.70. The summed E-state index contributed by atoms with van der Waals surface area (Å²) in [6.07, 6.45) is 4.73. The zero-order valence-electron chi connectivity index (χ0n) is 15.0. The maximum Gasteiger partial charge on any atom is 0.213 e. The minimum absolute atomic E-state index is 0.395. The van der Waals surface area contributed by atoms with Crippen LogP contribution >= 0.6 is 11.6 Å². The Balaban J connectivity index is 1.73. The number of methoxy groups -OCH3 is 1. The van der Waals surface area contributed by atoms with Gasteiger partial charge in [-0.05, 0) is 31.2 Å². The van der Waals surface area contributed by atoms with E-state index in [1.807, 2.05) is 17.6 Å². The van der Waals surface area contributed by atoms with Gasteiger partial charge in [-0.25, -0.2) is 14.4 Å². The molecule has 0 amide bonds. The minimum atomic E-state index is -0.396. The Morgan fingerprint density at radius 2 is 1.75 bits per heavy atom. The lowest BCUT2D eigenvalue weighted by Gasteiger charge is -2.09. The van der Waals surface area contributed by atoms with E-state index in [1.54, 1.807) is 25.6 Å². The molecule has 0 atom stereocenters. The minimum Gasteiger partial charge on any atom is -0.481 e. The highest BCUT2D eigenvalue weighted by atomic mass is 35.5. The third-order valence-electron chi connectivity index (χ3n) is 4.10. The SMILES string of the molecule is COc1ccc(-n2c(C)nnc2-c2cnc(-c3cc(F)ccc3Cl)cn2)cn1. The van der Waals surface area contributed by atoms with E-state index in [2.05, 4.69) is 25.1 Å². The highest BCUT2D eigenvalue weighted by molar-refractivity contribution is 6.33. The Morgan fingerprint density at radius 1 is 0.964 bits per heavy atom. The van der Waals surface area contributed by atoms with E-state index >= 15 is 0 Å². The molecule has 0 saturated carbocycles. The number of halogens is 2. The van der Waals surface area contributed by atoms with Crippen molar-refractivity contribution in [2.45, 2.75) is 6.92 Å². The van der Waals surface area contributed by atoms with Crippen LogP contribution < -0.4 is 4.74 Å². The number of hydrogen-bond donors (Lipinski definition) is 0. The van der Waals surface area contributed by atoms with Gasteiger partial charge >= 0.3 is 0 Å². The maximum absolute atomic E-state index is 13.5. The first-order valence-electron chi connectivity index (χ1n) is 8.27. The van der Waals surface area contributed by atoms with Crippen molar-refractivity contribution in [1.82, 2.24) is 29.7 Å².